The molecule has 0 bridgehead atoms. The zero-order chi connectivity index (χ0) is 18.0. The highest BCUT2D eigenvalue weighted by Gasteiger charge is 2.16. The molecule has 0 saturated carbocycles. The molecule has 3 aromatic rings. The van der Waals surface area contributed by atoms with Crippen LogP contribution in [-0.2, 0) is 11.3 Å². The summed E-state index contributed by atoms with van der Waals surface area (Å²) in [5.41, 5.74) is 1.06. The smallest absolute Gasteiger partial charge is 0.261 e. The predicted molar refractivity (Wildman–Crippen MR) is 100 cm³/mol. The van der Waals surface area contributed by atoms with Crippen molar-refractivity contribution in [2.24, 2.45) is 0 Å². The Kier molecular flexibility index (Phi) is 4.86. The number of hydrogen-bond acceptors (Lipinski definition) is 3. The van der Waals surface area contributed by atoms with Crippen LogP contribution in [0.1, 0.15) is 25.6 Å². The van der Waals surface area contributed by atoms with Crippen molar-refractivity contribution in [3.63, 3.8) is 0 Å². The minimum Gasteiger partial charge on any atom is -0.325 e. The molecule has 2 aromatic carbocycles. The highest BCUT2D eigenvalue weighted by Crippen LogP contribution is 2.16. The lowest BCUT2D eigenvalue weighted by Gasteiger charge is -2.15. The second-order valence-corrected chi connectivity index (χ2v) is 6.52. The van der Waals surface area contributed by atoms with Crippen LogP contribution in [0, 0.1) is 0 Å². The first kappa shape index (κ1) is 17.2. The van der Waals surface area contributed by atoms with E-state index in [0.29, 0.717) is 27.4 Å². The van der Waals surface area contributed by atoms with E-state index in [9.17, 15) is 9.59 Å². The van der Waals surface area contributed by atoms with Gasteiger partial charge in [0, 0.05) is 16.6 Å². The van der Waals surface area contributed by atoms with E-state index in [1.165, 1.54) is 4.57 Å². The number of aromatic nitrogens is 2. The molecule has 1 aromatic heterocycles. The second kappa shape index (κ2) is 7.07. The molecule has 0 aliphatic heterocycles. The minimum absolute atomic E-state index is 0.0145. The number of halogens is 1. The molecule has 1 N–H and O–H groups in total. The summed E-state index contributed by atoms with van der Waals surface area (Å²) in [6.45, 7) is 3.81. The van der Waals surface area contributed by atoms with Gasteiger partial charge in [-0.1, -0.05) is 37.6 Å². The number of para-hydroxylation sites is 1. The van der Waals surface area contributed by atoms with Crippen LogP contribution in [-0.4, -0.2) is 15.5 Å². The fourth-order valence-corrected chi connectivity index (χ4v) is 2.78. The molecular formula is C19H18ClN3O2. The van der Waals surface area contributed by atoms with Gasteiger partial charge in [0.2, 0.25) is 5.91 Å². The van der Waals surface area contributed by atoms with Crippen LogP contribution in [0.5, 0.6) is 0 Å². The van der Waals surface area contributed by atoms with E-state index in [4.69, 9.17) is 11.6 Å². The molecule has 0 atom stereocenters. The molecule has 0 spiro atoms. The number of rotatable bonds is 4. The van der Waals surface area contributed by atoms with Crippen LogP contribution in [0.25, 0.3) is 10.9 Å². The number of benzene rings is 2. The van der Waals surface area contributed by atoms with Gasteiger partial charge >= 0.3 is 0 Å². The van der Waals surface area contributed by atoms with Crippen molar-refractivity contribution < 1.29 is 4.79 Å². The summed E-state index contributed by atoms with van der Waals surface area (Å²) >= 11 is 5.84. The fourth-order valence-electron chi connectivity index (χ4n) is 2.66. The SMILES string of the molecule is CC(C)c1nc2ccccc2c(=O)n1CC(=O)Nc1ccc(Cl)cc1. The molecule has 1 heterocycles. The summed E-state index contributed by atoms with van der Waals surface area (Å²) in [6, 6.07) is 14.0. The molecule has 128 valence electrons. The van der Waals surface area contributed by atoms with Crippen molar-refractivity contribution >= 4 is 34.1 Å². The third-order valence-electron chi connectivity index (χ3n) is 3.84. The van der Waals surface area contributed by atoms with E-state index in [2.05, 4.69) is 10.3 Å². The average molecular weight is 356 g/mol. The van der Waals surface area contributed by atoms with E-state index in [-0.39, 0.29) is 23.9 Å². The van der Waals surface area contributed by atoms with E-state index < -0.39 is 0 Å². The molecule has 0 radical (unpaired) electrons. The molecule has 0 aliphatic carbocycles. The average Bonchev–Trinajstić information content (AvgIpc) is 2.59. The summed E-state index contributed by atoms with van der Waals surface area (Å²) in [7, 11) is 0. The number of hydrogen-bond donors (Lipinski definition) is 1. The Morgan fingerprint density at radius 1 is 1.16 bits per heavy atom. The maximum absolute atomic E-state index is 12.8. The number of anilines is 1. The van der Waals surface area contributed by atoms with Crippen LogP contribution >= 0.6 is 11.6 Å². The Labute approximate surface area is 150 Å². The lowest BCUT2D eigenvalue weighted by atomic mass is 10.1. The van der Waals surface area contributed by atoms with E-state index >= 15 is 0 Å². The van der Waals surface area contributed by atoms with Crippen molar-refractivity contribution in [2.45, 2.75) is 26.3 Å². The van der Waals surface area contributed by atoms with Crippen LogP contribution in [0.3, 0.4) is 0 Å². The molecule has 6 heteroatoms. The summed E-state index contributed by atoms with van der Waals surface area (Å²) in [5.74, 6) is 0.319. The van der Waals surface area contributed by atoms with Gasteiger partial charge in [-0.15, -0.1) is 0 Å². The normalized spacial score (nSPS) is 11.0. The predicted octanol–water partition coefficient (Wildman–Crippen LogP) is 3.81. The van der Waals surface area contributed by atoms with E-state index in [1.807, 2.05) is 19.9 Å². The van der Waals surface area contributed by atoms with Crippen LogP contribution in [0.2, 0.25) is 5.02 Å². The first-order chi connectivity index (χ1) is 12.0. The number of nitrogens with one attached hydrogen (secondary N) is 1. The number of carbonyl (C=O) groups is 1. The van der Waals surface area contributed by atoms with E-state index in [1.54, 1.807) is 42.5 Å². The Hall–Kier alpha value is -2.66. The minimum atomic E-state index is -0.289. The first-order valence-electron chi connectivity index (χ1n) is 8.00. The number of carbonyl (C=O) groups excluding carboxylic acids is 1. The maximum atomic E-state index is 12.8. The summed E-state index contributed by atoms with van der Waals surface area (Å²) in [6.07, 6.45) is 0. The Morgan fingerprint density at radius 2 is 1.84 bits per heavy atom. The van der Waals surface area contributed by atoms with Gasteiger partial charge in [-0.25, -0.2) is 4.98 Å². The summed E-state index contributed by atoms with van der Waals surface area (Å²) in [4.78, 5) is 29.8. The Bertz CT molecular complexity index is 978. The molecule has 1 amide bonds. The molecule has 0 saturated heterocycles. The lowest BCUT2D eigenvalue weighted by Crippen LogP contribution is -2.31. The van der Waals surface area contributed by atoms with E-state index in [0.717, 1.165) is 0 Å². The molecular weight excluding hydrogens is 338 g/mol. The van der Waals surface area contributed by atoms with Crippen LogP contribution < -0.4 is 10.9 Å². The van der Waals surface area contributed by atoms with Crippen LogP contribution in [0.15, 0.2) is 53.3 Å². The molecule has 0 fully saturated rings. The van der Waals surface area contributed by atoms with Gasteiger partial charge in [0.15, 0.2) is 0 Å². The molecule has 5 nitrogen and oxygen atoms in total. The van der Waals surface area contributed by atoms with Crippen molar-refractivity contribution in [1.82, 2.24) is 9.55 Å². The maximum Gasteiger partial charge on any atom is 0.261 e. The Balaban J connectivity index is 1.95. The largest absolute Gasteiger partial charge is 0.325 e. The number of amides is 1. The topological polar surface area (TPSA) is 64.0 Å². The van der Waals surface area contributed by atoms with Gasteiger partial charge in [0.25, 0.3) is 5.56 Å². The zero-order valence-corrected chi connectivity index (χ0v) is 14.7. The van der Waals surface area contributed by atoms with Gasteiger partial charge in [-0.05, 0) is 36.4 Å². The van der Waals surface area contributed by atoms with Gasteiger partial charge in [0.1, 0.15) is 12.4 Å². The third-order valence-corrected chi connectivity index (χ3v) is 4.09. The summed E-state index contributed by atoms with van der Waals surface area (Å²) < 4.78 is 1.44. The summed E-state index contributed by atoms with van der Waals surface area (Å²) in [5, 5.41) is 3.87. The molecule has 0 unspecified atom stereocenters. The zero-order valence-electron chi connectivity index (χ0n) is 14.0. The monoisotopic (exact) mass is 355 g/mol. The van der Waals surface area contributed by atoms with Gasteiger partial charge in [-0.3, -0.25) is 14.2 Å². The van der Waals surface area contributed by atoms with Gasteiger partial charge in [0.05, 0.1) is 10.9 Å². The third kappa shape index (κ3) is 3.72. The van der Waals surface area contributed by atoms with Crippen LogP contribution in [0.4, 0.5) is 5.69 Å². The van der Waals surface area contributed by atoms with Crippen molar-refractivity contribution in [1.29, 1.82) is 0 Å². The van der Waals surface area contributed by atoms with Gasteiger partial charge in [-0.2, -0.15) is 0 Å². The highest BCUT2D eigenvalue weighted by atomic mass is 35.5. The van der Waals surface area contributed by atoms with Crippen molar-refractivity contribution in [3.05, 3.63) is 69.7 Å². The Morgan fingerprint density at radius 3 is 2.52 bits per heavy atom. The lowest BCUT2D eigenvalue weighted by molar-refractivity contribution is -0.116. The fraction of sp³-hybridized carbons (Fsp3) is 0.211. The standard InChI is InChI=1S/C19H18ClN3O2/c1-12(2)18-22-16-6-4-3-5-15(16)19(25)23(18)11-17(24)21-14-9-7-13(20)8-10-14/h3-10,12H,11H2,1-2H3,(H,21,24). The second-order valence-electron chi connectivity index (χ2n) is 6.09. The number of nitrogens with zero attached hydrogens (tertiary/aromatic N) is 2. The molecule has 0 aliphatic rings. The number of fused-ring (bicyclic) bond motifs is 1. The van der Waals surface area contributed by atoms with Crippen molar-refractivity contribution in [3.8, 4) is 0 Å². The molecule has 3 rings (SSSR count). The first-order valence-corrected chi connectivity index (χ1v) is 8.38. The quantitative estimate of drug-likeness (QED) is 0.774. The van der Waals surface area contributed by atoms with Crippen molar-refractivity contribution in [2.75, 3.05) is 5.32 Å². The molecule has 25 heavy (non-hydrogen) atoms. The highest BCUT2D eigenvalue weighted by molar-refractivity contribution is 6.30. The van der Waals surface area contributed by atoms with Gasteiger partial charge < -0.3 is 5.32 Å².